The fourth-order valence-corrected chi connectivity index (χ4v) is 2.60. The number of nitrogens with zero attached hydrogens (tertiary/aromatic N) is 4. The molecule has 24 heavy (non-hydrogen) atoms. The van der Waals surface area contributed by atoms with E-state index in [0.717, 1.165) is 37.6 Å². The number of amides is 1. The highest BCUT2D eigenvalue weighted by molar-refractivity contribution is 5.68. The van der Waals surface area contributed by atoms with Crippen molar-refractivity contribution in [1.29, 1.82) is 0 Å². The van der Waals surface area contributed by atoms with Gasteiger partial charge in [0.15, 0.2) is 0 Å². The second-order valence-corrected chi connectivity index (χ2v) is 6.47. The molecule has 7 nitrogen and oxygen atoms in total. The average Bonchev–Trinajstić information content (AvgIpc) is 2.54. The largest absolute Gasteiger partial charge is 0.450 e. The monoisotopic (exact) mass is 335 g/mol. The molecule has 7 heteroatoms. The van der Waals surface area contributed by atoms with E-state index < -0.39 is 0 Å². The van der Waals surface area contributed by atoms with Gasteiger partial charge in [0.05, 0.1) is 6.61 Å². The van der Waals surface area contributed by atoms with E-state index in [1.807, 2.05) is 19.9 Å². The molecule has 1 aromatic heterocycles. The maximum atomic E-state index is 11.8. The van der Waals surface area contributed by atoms with E-state index in [4.69, 9.17) is 4.74 Å². The summed E-state index contributed by atoms with van der Waals surface area (Å²) in [4.78, 5) is 24.8. The Bertz CT molecular complexity index is 542. The third-order valence-electron chi connectivity index (χ3n) is 3.98. The summed E-state index contributed by atoms with van der Waals surface area (Å²) in [5.74, 6) is 2.24. The lowest BCUT2D eigenvalue weighted by atomic mass is 10.1. The highest BCUT2D eigenvalue weighted by Gasteiger charge is 2.23. The molecule has 0 atom stereocenters. The van der Waals surface area contributed by atoms with Crippen molar-refractivity contribution in [2.24, 2.45) is 5.92 Å². The van der Waals surface area contributed by atoms with Gasteiger partial charge in [0.25, 0.3) is 0 Å². The second kappa shape index (κ2) is 8.70. The molecule has 0 saturated carbocycles. The Hall–Kier alpha value is -2.05. The Morgan fingerprint density at radius 1 is 1.29 bits per heavy atom. The first-order valence-corrected chi connectivity index (χ1v) is 8.75. The summed E-state index contributed by atoms with van der Waals surface area (Å²) in [6.45, 7) is 12.3. The average molecular weight is 335 g/mol. The second-order valence-electron chi connectivity index (χ2n) is 6.47. The third-order valence-corrected chi connectivity index (χ3v) is 3.98. The summed E-state index contributed by atoms with van der Waals surface area (Å²) in [6.07, 6.45) is 0.859. The lowest BCUT2D eigenvalue weighted by Gasteiger charge is -2.34. The number of rotatable bonds is 6. The molecule has 0 aromatic carbocycles. The summed E-state index contributed by atoms with van der Waals surface area (Å²) >= 11 is 0. The van der Waals surface area contributed by atoms with Crippen molar-refractivity contribution >= 4 is 17.9 Å². The molecule has 1 aliphatic rings. The van der Waals surface area contributed by atoms with Crippen LogP contribution in [-0.4, -0.2) is 60.3 Å². The minimum absolute atomic E-state index is 0.230. The standard InChI is InChI=1S/C17H29N5O2/c1-5-24-17(23)22-10-8-21(9-11-22)15-12-14(4)19-16(20-15)18-7-6-13(2)3/h12-13H,5-11H2,1-4H3,(H,18,19,20). The minimum Gasteiger partial charge on any atom is -0.450 e. The van der Waals surface area contributed by atoms with Gasteiger partial charge < -0.3 is 19.9 Å². The Morgan fingerprint density at radius 2 is 2.00 bits per heavy atom. The van der Waals surface area contributed by atoms with E-state index in [9.17, 15) is 4.79 Å². The molecule has 1 amide bonds. The molecule has 0 unspecified atom stereocenters. The lowest BCUT2D eigenvalue weighted by Crippen LogP contribution is -2.49. The zero-order valence-corrected chi connectivity index (χ0v) is 15.2. The SMILES string of the molecule is CCOC(=O)N1CCN(c2cc(C)nc(NCCC(C)C)n2)CC1. The van der Waals surface area contributed by atoms with E-state index in [1.54, 1.807) is 4.90 Å². The molecule has 0 radical (unpaired) electrons. The van der Waals surface area contributed by atoms with Crippen LogP contribution >= 0.6 is 0 Å². The molecule has 0 spiro atoms. The van der Waals surface area contributed by atoms with Gasteiger partial charge >= 0.3 is 6.09 Å². The number of nitrogens with one attached hydrogen (secondary N) is 1. The first kappa shape index (κ1) is 18.3. The smallest absolute Gasteiger partial charge is 0.409 e. The first-order chi connectivity index (χ1) is 11.5. The van der Waals surface area contributed by atoms with Crippen molar-refractivity contribution < 1.29 is 9.53 Å². The van der Waals surface area contributed by atoms with Crippen molar-refractivity contribution in [3.63, 3.8) is 0 Å². The first-order valence-electron chi connectivity index (χ1n) is 8.75. The van der Waals surface area contributed by atoms with E-state index in [0.29, 0.717) is 31.6 Å². The molecular weight excluding hydrogens is 306 g/mol. The molecule has 0 aliphatic carbocycles. The predicted octanol–water partition coefficient (Wildman–Crippen LogP) is 2.52. The van der Waals surface area contributed by atoms with Crippen molar-refractivity contribution in [3.05, 3.63) is 11.8 Å². The molecule has 2 rings (SSSR count). The molecule has 1 aromatic rings. The van der Waals surface area contributed by atoms with Crippen molar-refractivity contribution in [3.8, 4) is 0 Å². The van der Waals surface area contributed by atoms with Crippen LogP contribution in [-0.2, 0) is 4.74 Å². The number of piperazine rings is 1. The molecule has 0 bridgehead atoms. The van der Waals surface area contributed by atoms with Gasteiger partial charge in [-0.3, -0.25) is 0 Å². The lowest BCUT2D eigenvalue weighted by molar-refractivity contribution is 0.105. The maximum absolute atomic E-state index is 11.8. The fraction of sp³-hybridized carbons (Fsp3) is 0.706. The van der Waals surface area contributed by atoms with Crippen LogP contribution in [0.5, 0.6) is 0 Å². The summed E-state index contributed by atoms with van der Waals surface area (Å²) in [5, 5.41) is 3.31. The van der Waals surface area contributed by atoms with Crippen LogP contribution in [0.1, 0.15) is 32.9 Å². The number of hydrogen-bond donors (Lipinski definition) is 1. The Morgan fingerprint density at radius 3 is 2.62 bits per heavy atom. The van der Waals surface area contributed by atoms with Crippen LogP contribution in [0.15, 0.2) is 6.07 Å². The van der Waals surface area contributed by atoms with Gasteiger partial charge in [0.1, 0.15) is 5.82 Å². The van der Waals surface area contributed by atoms with E-state index >= 15 is 0 Å². The highest BCUT2D eigenvalue weighted by atomic mass is 16.6. The van der Waals surface area contributed by atoms with Gasteiger partial charge in [-0.15, -0.1) is 0 Å². The summed E-state index contributed by atoms with van der Waals surface area (Å²) in [5.41, 5.74) is 0.944. The molecular formula is C17H29N5O2. The minimum atomic E-state index is -0.230. The van der Waals surface area contributed by atoms with Crippen LogP contribution in [0.2, 0.25) is 0 Å². The maximum Gasteiger partial charge on any atom is 0.409 e. The van der Waals surface area contributed by atoms with Gasteiger partial charge in [-0.05, 0) is 26.2 Å². The number of carbonyl (C=O) groups is 1. The highest BCUT2D eigenvalue weighted by Crippen LogP contribution is 2.17. The third kappa shape index (κ3) is 5.25. The van der Waals surface area contributed by atoms with Crippen LogP contribution in [0.3, 0.4) is 0 Å². The number of aromatic nitrogens is 2. The Kier molecular flexibility index (Phi) is 6.63. The quantitative estimate of drug-likeness (QED) is 0.861. The predicted molar refractivity (Wildman–Crippen MR) is 95.5 cm³/mol. The van der Waals surface area contributed by atoms with Gasteiger partial charge in [0.2, 0.25) is 5.95 Å². The number of hydrogen-bond acceptors (Lipinski definition) is 6. The number of aryl methyl sites for hydroxylation is 1. The van der Waals surface area contributed by atoms with Gasteiger partial charge in [-0.1, -0.05) is 13.8 Å². The molecule has 1 saturated heterocycles. The number of ether oxygens (including phenoxy) is 1. The van der Waals surface area contributed by atoms with Gasteiger partial charge in [0, 0.05) is 44.5 Å². The van der Waals surface area contributed by atoms with Crippen molar-refractivity contribution in [1.82, 2.24) is 14.9 Å². The Labute approximate surface area is 144 Å². The van der Waals surface area contributed by atoms with E-state index in [-0.39, 0.29) is 6.09 Å². The molecule has 1 N–H and O–H groups in total. The molecule has 1 fully saturated rings. The number of anilines is 2. The van der Waals surface area contributed by atoms with Crippen LogP contribution in [0.25, 0.3) is 0 Å². The van der Waals surface area contributed by atoms with Gasteiger partial charge in [-0.2, -0.15) is 4.98 Å². The van der Waals surface area contributed by atoms with Gasteiger partial charge in [-0.25, -0.2) is 9.78 Å². The Balaban J connectivity index is 1.94. The van der Waals surface area contributed by atoms with E-state index in [1.165, 1.54) is 0 Å². The molecule has 134 valence electrons. The molecule has 2 heterocycles. The normalized spacial score (nSPS) is 14.9. The zero-order valence-electron chi connectivity index (χ0n) is 15.2. The fourth-order valence-electron chi connectivity index (χ4n) is 2.60. The zero-order chi connectivity index (χ0) is 17.5. The number of carbonyl (C=O) groups excluding carboxylic acids is 1. The van der Waals surface area contributed by atoms with E-state index in [2.05, 4.69) is 34.0 Å². The molecule has 1 aliphatic heterocycles. The topological polar surface area (TPSA) is 70.6 Å². The van der Waals surface area contributed by atoms with Crippen LogP contribution in [0, 0.1) is 12.8 Å². The summed E-state index contributed by atoms with van der Waals surface area (Å²) in [6, 6.07) is 1.99. The van der Waals surface area contributed by atoms with Crippen LogP contribution in [0.4, 0.5) is 16.6 Å². The summed E-state index contributed by atoms with van der Waals surface area (Å²) < 4.78 is 5.06. The summed E-state index contributed by atoms with van der Waals surface area (Å²) in [7, 11) is 0. The van der Waals surface area contributed by atoms with Crippen molar-refractivity contribution in [2.45, 2.75) is 34.1 Å². The van der Waals surface area contributed by atoms with Crippen LogP contribution < -0.4 is 10.2 Å². The van der Waals surface area contributed by atoms with Crippen molar-refractivity contribution in [2.75, 3.05) is 49.5 Å².